The largest absolute Gasteiger partial charge is 0.389 e. The van der Waals surface area contributed by atoms with E-state index in [0.29, 0.717) is 0 Å². The van der Waals surface area contributed by atoms with Crippen LogP contribution >= 0.6 is 0 Å². The molecule has 1 rings (SSSR count). The van der Waals surface area contributed by atoms with Gasteiger partial charge in [-0.1, -0.05) is 29.8 Å². The van der Waals surface area contributed by atoms with Crippen LogP contribution in [-0.2, 0) is 4.74 Å². The second kappa shape index (κ2) is 7.76. The zero-order chi connectivity index (χ0) is 14.3. The fraction of sp³-hybridized carbons (Fsp3) is 0.500. The van der Waals surface area contributed by atoms with Crippen molar-refractivity contribution >= 4 is 6.03 Å². The van der Waals surface area contributed by atoms with E-state index < -0.39 is 6.10 Å². The normalized spacial score (nSPS) is 13.7. The summed E-state index contributed by atoms with van der Waals surface area (Å²) in [4.78, 5) is 11.6. The molecular weight excluding hydrogens is 244 g/mol. The van der Waals surface area contributed by atoms with Crippen LogP contribution in [0, 0.1) is 6.92 Å². The van der Waals surface area contributed by atoms with Crippen LogP contribution in [0.4, 0.5) is 4.79 Å². The minimum Gasteiger partial charge on any atom is -0.389 e. The zero-order valence-corrected chi connectivity index (χ0v) is 11.6. The molecule has 0 aromatic heterocycles. The Morgan fingerprint density at radius 2 is 2.00 bits per heavy atom. The first-order chi connectivity index (χ1) is 9.02. The summed E-state index contributed by atoms with van der Waals surface area (Å²) in [6.45, 7) is 4.30. The molecule has 5 nitrogen and oxygen atoms in total. The number of aliphatic hydroxyl groups is 1. The minimum atomic E-state index is -0.689. The van der Waals surface area contributed by atoms with Crippen LogP contribution in [0.15, 0.2) is 24.3 Å². The molecule has 0 saturated heterocycles. The zero-order valence-electron chi connectivity index (χ0n) is 11.6. The van der Waals surface area contributed by atoms with Gasteiger partial charge in [-0.15, -0.1) is 0 Å². The third kappa shape index (κ3) is 5.72. The first-order valence-electron chi connectivity index (χ1n) is 6.31. The Hall–Kier alpha value is -1.59. The van der Waals surface area contributed by atoms with E-state index in [-0.39, 0.29) is 25.2 Å². The van der Waals surface area contributed by atoms with Crippen LogP contribution in [0.5, 0.6) is 0 Å². The smallest absolute Gasteiger partial charge is 0.315 e. The number of rotatable bonds is 6. The summed E-state index contributed by atoms with van der Waals surface area (Å²) in [7, 11) is 1.50. The van der Waals surface area contributed by atoms with Crippen LogP contribution in [0.2, 0.25) is 0 Å². The lowest BCUT2D eigenvalue weighted by Gasteiger charge is -2.16. The molecule has 5 heteroatoms. The average Bonchev–Trinajstić information content (AvgIpc) is 2.37. The predicted molar refractivity (Wildman–Crippen MR) is 74.0 cm³/mol. The fourth-order valence-electron chi connectivity index (χ4n) is 1.65. The van der Waals surface area contributed by atoms with E-state index >= 15 is 0 Å². The molecule has 0 aliphatic heterocycles. The lowest BCUT2D eigenvalue weighted by Crippen LogP contribution is -2.41. The molecule has 0 radical (unpaired) electrons. The second-order valence-corrected chi connectivity index (χ2v) is 4.60. The van der Waals surface area contributed by atoms with Gasteiger partial charge in [-0.05, 0) is 19.4 Å². The van der Waals surface area contributed by atoms with Crippen molar-refractivity contribution in [2.24, 2.45) is 0 Å². The average molecular weight is 266 g/mol. The van der Waals surface area contributed by atoms with Crippen molar-refractivity contribution in [2.45, 2.75) is 26.0 Å². The Labute approximate surface area is 114 Å². The molecule has 0 bridgehead atoms. The molecule has 2 amide bonds. The molecule has 0 fully saturated rings. The number of methoxy groups -OCH3 is 1. The molecule has 2 unspecified atom stereocenters. The van der Waals surface area contributed by atoms with E-state index in [0.717, 1.165) is 5.56 Å². The summed E-state index contributed by atoms with van der Waals surface area (Å²) in [5.41, 5.74) is 2.22. The highest BCUT2D eigenvalue weighted by molar-refractivity contribution is 5.74. The van der Waals surface area contributed by atoms with Gasteiger partial charge >= 0.3 is 6.03 Å². The number of amides is 2. The van der Waals surface area contributed by atoms with Gasteiger partial charge < -0.3 is 20.5 Å². The van der Waals surface area contributed by atoms with Crippen molar-refractivity contribution in [1.29, 1.82) is 0 Å². The van der Waals surface area contributed by atoms with Crippen molar-refractivity contribution in [3.63, 3.8) is 0 Å². The maximum absolute atomic E-state index is 11.6. The first kappa shape index (κ1) is 15.5. The molecule has 0 aliphatic rings. The minimum absolute atomic E-state index is 0.0832. The number of aliphatic hydroxyl groups excluding tert-OH is 1. The first-order valence-corrected chi connectivity index (χ1v) is 6.31. The van der Waals surface area contributed by atoms with Crippen molar-refractivity contribution in [2.75, 3.05) is 20.3 Å². The number of carbonyl (C=O) groups excluding carboxylic acids is 1. The van der Waals surface area contributed by atoms with Crippen LogP contribution < -0.4 is 10.6 Å². The highest BCUT2D eigenvalue weighted by atomic mass is 16.5. The Bertz CT molecular complexity index is 392. The van der Waals surface area contributed by atoms with Crippen molar-refractivity contribution < 1.29 is 14.6 Å². The van der Waals surface area contributed by atoms with Crippen molar-refractivity contribution in [3.05, 3.63) is 35.4 Å². The van der Waals surface area contributed by atoms with Gasteiger partial charge in [-0.3, -0.25) is 0 Å². The number of nitrogens with one attached hydrogen (secondary N) is 2. The Kier molecular flexibility index (Phi) is 6.32. The van der Waals surface area contributed by atoms with Crippen LogP contribution in [0.3, 0.4) is 0 Å². The number of aryl methyl sites for hydroxylation is 1. The molecule has 19 heavy (non-hydrogen) atoms. The van der Waals surface area contributed by atoms with Crippen molar-refractivity contribution in [3.8, 4) is 0 Å². The van der Waals surface area contributed by atoms with E-state index in [1.807, 2.05) is 38.1 Å². The highest BCUT2D eigenvalue weighted by Crippen LogP contribution is 2.12. The van der Waals surface area contributed by atoms with Gasteiger partial charge in [0.25, 0.3) is 0 Å². The molecule has 0 spiro atoms. The van der Waals surface area contributed by atoms with Gasteiger partial charge in [0.05, 0.1) is 18.8 Å². The molecule has 2 atom stereocenters. The lowest BCUT2D eigenvalue weighted by atomic mass is 10.1. The number of ether oxygens (including phenoxy) is 1. The molecule has 0 aliphatic carbocycles. The van der Waals surface area contributed by atoms with Gasteiger partial charge in [-0.2, -0.15) is 0 Å². The van der Waals surface area contributed by atoms with Gasteiger partial charge in [0.1, 0.15) is 0 Å². The van der Waals surface area contributed by atoms with Crippen LogP contribution in [0.25, 0.3) is 0 Å². The quantitative estimate of drug-likeness (QED) is 0.728. The van der Waals surface area contributed by atoms with E-state index in [4.69, 9.17) is 4.74 Å². The summed E-state index contributed by atoms with van der Waals surface area (Å²) in [5.74, 6) is 0. The second-order valence-electron chi connectivity index (χ2n) is 4.60. The molecule has 0 heterocycles. The standard InChI is InChI=1S/C14H22N2O3/c1-10-4-6-12(7-5-10)11(2)16-14(18)15-8-13(17)9-19-3/h4-7,11,13,17H,8-9H2,1-3H3,(H2,15,16,18). The molecular formula is C14H22N2O3. The Balaban J connectivity index is 2.37. The van der Waals surface area contributed by atoms with Gasteiger partial charge in [-0.25, -0.2) is 4.79 Å². The topological polar surface area (TPSA) is 70.6 Å². The van der Waals surface area contributed by atoms with E-state index in [2.05, 4.69) is 10.6 Å². The molecule has 106 valence electrons. The summed E-state index contributed by atoms with van der Waals surface area (Å²) in [6.07, 6.45) is -0.689. The summed E-state index contributed by atoms with van der Waals surface area (Å²) < 4.78 is 4.78. The van der Waals surface area contributed by atoms with E-state index in [1.165, 1.54) is 12.7 Å². The van der Waals surface area contributed by atoms with E-state index in [1.54, 1.807) is 0 Å². The van der Waals surface area contributed by atoms with Crippen LogP contribution in [0.1, 0.15) is 24.1 Å². The summed E-state index contributed by atoms with van der Waals surface area (Å²) in [5, 5.41) is 14.8. The van der Waals surface area contributed by atoms with Crippen LogP contribution in [-0.4, -0.2) is 37.5 Å². The lowest BCUT2D eigenvalue weighted by molar-refractivity contribution is 0.0659. The maximum Gasteiger partial charge on any atom is 0.315 e. The Morgan fingerprint density at radius 1 is 1.37 bits per heavy atom. The third-order valence-electron chi connectivity index (χ3n) is 2.78. The van der Waals surface area contributed by atoms with Crippen molar-refractivity contribution in [1.82, 2.24) is 10.6 Å². The molecule has 1 aromatic carbocycles. The molecule has 0 saturated carbocycles. The number of hydrogen-bond acceptors (Lipinski definition) is 3. The van der Waals surface area contributed by atoms with Gasteiger partial charge in [0.2, 0.25) is 0 Å². The Morgan fingerprint density at radius 3 is 2.58 bits per heavy atom. The number of hydrogen-bond donors (Lipinski definition) is 3. The SMILES string of the molecule is COCC(O)CNC(=O)NC(C)c1ccc(C)cc1. The molecule has 1 aromatic rings. The monoisotopic (exact) mass is 266 g/mol. The highest BCUT2D eigenvalue weighted by Gasteiger charge is 2.10. The predicted octanol–water partition coefficient (Wildman–Crippen LogP) is 1.36. The number of urea groups is 1. The van der Waals surface area contributed by atoms with E-state index in [9.17, 15) is 9.90 Å². The van der Waals surface area contributed by atoms with Gasteiger partial charge in [0, 0.05) is 13.7 Å². The number of carbonyl (C=O) groups is 1. The van der Waals surface area contributed by atoms with Gasteiger partial charge in [0.15, 0.2) is 0 Å². The maximum atomic E-state index is 11.6. The summed E-state index contributed by atoms with van der Waals surface area (Å²) in [6, 6.07) is 7.60. The number of benzene rings is 1. The summed E-state index contributed by atoms with van der Waals surface area (Å²) >= 11 is 0. The third-order valence-corrected chi connectivity index (χ3v) is 2.78. The fourth-order valence-corrected chi connectivity index (χ4v) is 1.65. The molecule has 3 N–H and O–H groups in total.